The van der Waals surface area contributed by atoms with Crippen LogP contribution < -0.4 is 0 Å². The van der Waals surface area contributed by atoms with Crippen molar-refractivity contribution in [2.45, 2.75) is 84.1 Å². The van der Waals surface area contributed by atoms with Crippen molar-refractivity contribution in [1.29, 1.82) is 0 Å². The van der Waals surface area contributed by atoms with E-state index in [2.05, 4.69) is 68.0 Å². The summed E-state index contributed by atoms with van der Waals surface area (Å²) in [7, 11) is 5.50. The number of benzene rings is 2. The van der Waals surface area contributed by atoms with E-state index in [-0.39, 0.29) is 11.5 Å². The van der Waals surface area contributed by atoms with Gasteiger partial charge in [-0.3, -0.25) is 9.80 Å². The molecule has 3 unspecified atom stereocenters. The van der Waals surface area contributed by atoms with E-state index in [1.165, 1.54) is 0 Å². The summed E-state index contributed by atoms with van der Waals surface area (Å²) in [5.74, 6) is -0.895. The van der Waals surface area contributed by atoms with E-state index >= 15 is 0 Å². The summed E-state index contributed by atoms with van der Waals surface area (Å²) in [6.45, 7) is 12.1. The molecular formula is C31H42ClN2O3Si. The van der Waals surface area contributed by atoms with E-state index in [0.717, 1.165) is 30.4 Å². The van der Waals surface area contributed by atoms with Gasteiger partial charge in [-0.15, -0.1) is 0 Å². The average Bonchev–Trinajstić information content (AvgIpc) is 3.04. The maximum absolute atomic E-state index is 12.7. The zero-order chi connectivity index (χ0) is 28.1. The Kier molecular flexibility index (Phi) is 10.0. The summed E-state index contributed by atoms with van der Waals surface area (Å²) in [5, 5.41) is 11.1. The Morgan fingerprint density at radius 1 is 1.16 bits per heavy atom. The van der Waals surface area contributed by atoms with Crippen LogP contribution in [-0.4, -0.2) is 62.3 Å². The molecule has 2 aromatic rings. The largest absolute Gasteiger partial charge is 0.478 e. The van der Waals surface area contributed by atoms with E-state index in [9.17, 15) is 9.90 Å². The minimum absolute atomic E-state index is 0.197. The molecule has 3 radical (unpaired) electrons. The number of hydrogen-bond donors (Lipinski definition) is 1. The molecule has 2 aromatic carbocycles. The number of unbranched alkanes of at least 4 members (excludes halogenated alkanes) is 1. The van der Waals surface area contributed by atoms with Crippen LogP contribution in [0.25, 0.3) is 0 Å². The summed E-state index contributed by atoms with van der Waals surface area (Å²) in [5.41, 5.74) is 1.26. The molecule has 1 N–H and O–H groups in total. The van der Waals surface area contributed by atoms with Crippen molar-refractivity contribution in [3.63, 3.8) is 0 Å². The number of carbonyl (C=O) groups is 1. The van der Waals surface area contributed by atoms with Crippen LogP contribution in [0, 0.1) is 5.41 Å². The lowest BCUT2D eigenvalue weighted by Crippen LogP contribution is -2.60. The highest BCUT2D eigenvalue weighted by Gasteiger charge is 2.64. The van der Waals surface area contributed by atoms with Crippen LogP contribution >= 0.6 is 11.6 Å². The van der Waals surface area contributed by atoms with Crippen LogP contribution in [-0.2, 0) is 22.2 Å². The van der Waals surface area contributed by atoms with Gasteiger partial charge >= 0.3 is 5.97 Å². The van der Waals surface area contributed by atoms with Gasteiger partial charge in [0.2, 0.25) is 10.5 Å². The Balaban J connectivity index is 2.28. The zero-order valence-electron chi connectivity index (χ0n) is 23.6. The molecule has 5 nitrogen and oxygen atoms in total. The van der Waals surface area contributed by atoms with Crippen LogP contribution in [0.1, 0.15) is 65.0 Å². The van der Waals surface area contributed by atoms with Gasteiger partial charge in [0.25, 0.3) is 0 Å². The van der Waals surface area contributed by atoms with Crippen molar-refractivity contribution < 1.29 is 14.3 Å². The van der Waals surface area contributed by atoms with Gasteiger partial charge < -0.3 is 9.53 Å². The molecular weight excluding hydrogens is 512 g/mol. The highest BCUT2D eigenvalue weighted by atomic mass is 35.5. The first-order chi connectivity index (χ1) is 17.9. The van der Waals surface area contributed by atoms with E-state index in [1.807, 2.05) is 54.6 Å². The van der Waals surface area contributed by atoms with Crippen molar-refractivity contribution in [2.75, 3.05) is 13.7 Å². The van der Waals surface area contributed by atoms with Gasteiger partial charge in [0.15, 0.2) is 0 Å². The molecule has 1 aliphatic heterocycles. The number of rotatable bonds is 11. The van der Waals surface area contributed by atoms with E-state index in [0.29, 0.717) is 30.2 Å². The fourth-order valence-corrected chi connectivity index (χ4v) is 6.42. The second-order valence-corrected chi connectivity index (χ2v) is 12.4. The van der Waals surface area contributed by atoms with Gasteiger partial charge in [-0.2, -0.15) is 0 Å². The summed E-state index contributed by atoms with van der Waals surface area (Å²) in [6.07, 6.45) is 5.26. The van der Waals surface area contributed by atoms with E-state index in [4.69, 9.17) is 16.0 Å². The molecule has 3 rings (SSSR count). The first-order valence-corrected chi connectivity index (χ1v) is 14.2. The molecule has 0 bridgehead atoms. The molecule has 205 valence electrons. The summed E-state index contributed by atoms with van der Waals surface area (Å²) >= 11 is 6.70. The molecule has 1 heterocycles. The molecule has 0 spiro atoms. The lowest BCUT2D eigenvalue weighted by Gasteiger charge is -2.50. The first-order valence-electron chi connectivity index (χ1n) is 13.4. The molecule has 1 saturated heterocycles. The van der Waals surface area contributed by atoms with Gasteiger partial charge in [0.1, 0.15) is 0 Å². The van der Waals surface area contributed by atoms with Gasteiger partial charge in [-0.05, 0) is 43.0 Å². The molecule has 1 fully saturated rings. The molecule has 1 aliphatic rings. The summed E-state index contributed by atoms with van der Waals surface area (Å²) < 4.78 is 5.75. The number of aliphatic carboxylic acids is 1. The molecule has 0 aromatic heterocycles. The quantitative estimate of drug-likeness (QED) is 0.254. The molecule has 38 heavy (non-hydrogen) atoms. The van der Waals surface area contributed by atoms with Crippen LogP contribution in [0.15, 0.2) is 66.2 Å². The zero-order valence-corrected chi connectivity index (χ0v) is 25.4. The van der Waals surface area contributed by atoms with Crippen molar-refractivity contribution in [3.8, 4) is 0 Å². The Labute approximate surface area is 237 Å². The Bertz CT molecular complexity index is 1120. The van der Waals surface area contributed by atoms with Crippen molar-refractivity contribution in [2.24, 2.45) is 5.41 Å². The topological polar surface area (TPSA) is 53.0 Å². The monoisotopic (exact) mass is 553 g/mol. The van der Waals surface area contributed by atoms with Crippen molar-refractivity contribution in [3.05, 3.63) is 82.4 Å². The smallest absolute Gasteiger partial charge is 0.331 e. The molecule has 7 heteroatoms. The third-order valence-corrected chi connectivity index (χ3v) is 9.20. The van der Waals surface area contributed by atoms with Gasteiger partial charge in [-0.1, -0.05) is 107 Å². The highest BCUT2D eigenvalue weighted by molar-refractivity contribution is 6.31. The fraction of sp³-hybridized carbons (Fsp3) is 0.516. The number of nitrogens with zero attached hydrogens (tertiary/aromatic N) is 2. The maximum atomic E-state index is 12.7. The molecule has 0 saturated carbocycles. The normalized spacial score (nSPS) is 25.2. The van der Waals surface area contributed by atoms with Gasteiger partial charge in [-0.25, -0.2) is 4.79 Å². The second kappa shape index (κ2) is 12.5. The standard InChI is InChI=1S/C31H42ClN2O3Si/c1-7-8-18-31(22-37-38)33(6)30(5,29(2,3)4)27(34(31)21-24-16-12-13-17-26(24)32)20-25(28(35)36)19-23-14-10-9-11-15-23/h9-17,20,27H,7-8,18-19,21-22H2,1-6H3,(H,35,36). The van der Waals surface area contributed by atoms with Gasteiger partial charge in [0, 0.05) is 35.1 Å². The summed E-state index contributed by atoms with van der Waals surface area (Å²) in [6, 6.07) is 17.5. The minimum Gasteiger partial charge on any atom is -0.478 e. The maximum Gasteiger partial charge on any atom is 0.331 e. The number of halogens is 1. The Morgan fingerprint density at radius 2 is 1.79 bits per heavy atom. The fourth-order valence-electron chi connectivity index (χ4n) is 5.99. The number of carboxylic acids is 1. The van der Waals surface area contributed by atoms with E-state index < -0.39 is 17.2 Å². The first kappa shape index (κ1) is 30.6. The number of hydrogen-bond acceptors (Lipinski definition) is 4. The van der Waals surface area contributed by atoms with Crippen molar-refractivity contribution in [1.82, 2.24) is 9.80 Å². The third kappa shape index (κ3) is 5.95. The molecule has 0 amide bonds. The van der Waals surface area contributed by atoms with E-state index in [1.54, 1.807) is 0 Å². The third-order valence-electron chi connectivity index (χ3n) is 8.69. The predicted molar refractivity (Wildman–Crippen MR) is 156 cm³/mol. The van der Waals surface area contributed by atoms with Crippen LogP contribution in [0.5, 0.6) is 0 Å². The summed E-state index contributed by atoms with van der Waals surface area (Å²) in [4.78, 5) is 17.5. The van der Waals surface area contributed by atoms with Crippen LogP contribution in [0.4, 0.5) is 0 Å². The van der Waals surface area contributed by atoms with Crippen LogP contribution in [0.3, 0.4) is 0 Å². The second-order valence-electron chi connectivity index (χ2n) is 11.7. The molecule has 0 aliphatic carbocycles. The SMILES string of the molecule is CCCCC1(CO[Si])N(Cc2ccccc2Cl)C(C=C(Cc2ccccc2)C(=O)O)C(C)(C(C)(C)C)N1C. The average molecular weight is 554 g/mol. The van der Waals surface area contributed by atoms with Crippen LogP contribution in [0.2, 0.25) is 5.02 Å². The Hall–Kier alpha value is -1.96. The highest BCUT2D eigenvalue weighted by Crippen LogP contribution is 2.53. The lowest BCUT2D eigenvalue weighted by atomic mass is 9.69. The Morgan fingerprint density at radius 3 is 2.34 bits per heavy atom. The minimum atomic E-state index is -0.895. The number of carboxylic acid groups (broad SMARTS) is 1. The molecule has 3 atom stereocenters. The van der Waals surface area contributed by atoms with Crippen molar-refractivity contribution >= 4 is 28.1 Å². The van der Waals surface area contributed by atoms with Gasteiger partial charge in [0.05, 0.1) is 12.3 Å². The number of likely N-dealkylation sites (N-methyl/N-ethyl adjacent to an activating group) is 1. The predicted octanol–water partition coefficient (Wildman–Crippen LogP) is 6.50. The lowest BCUT2D eigenvalue weighted by molar-refractivity contribution is -0.132.